The van der Waals surface area contributed by atoms with Crippen LogP contribution in [-0.4, -0.2) is 59.9 Å². The molecule has 3 rings (SSSR count). The van der Waals surface area contributed by atoms with Crippen LogP contribution in [0.3, 0.4) is 0 Å². The first kappa shape index (κ1) is 19.6. The summed E-state index contributed by atoms with van der Waals surface area (Å²) < 4.78 is 5.36. The Morgan fingerprint density at radius 1 is 1.29 bits per heavy atom. The van der Waals surface area contributed by atoms with Crippen LogP contribution in [0, 0.1) is 12.3 Å². The zero-order chi connectivity index (χ0) is 20.1. The summed E-state index contributed by atoms with van der Waals surface area (Å²) in [6.07, 6.45) is 4.27. The van der Waals surface area contributed by atoms with Crippen LogP contribution in [0.2, 0.25) is 0 Å². The first-order chi connectivity index (χ1) is 13.5. The fourth-order valence-electron chi connectivity index (χ4n) is 2.89. The Morgan fingerprint density at radius 3 is 2.86 bits per heavy atom. The van der Waals surface area contributed by atoms with Gasteiger partial charge in [0.15, 0.2) is 0 Å². The molecule has 9 nitrogen and oxygen atoms in total. The van der Waals surface area contributed by atoms with Crippen molar-refractivity contribution in [3.8, 4) is 5.88 Å². The summed E-state index contributed by atoms with van der Waals surface area (Å²) in [5, 5.41) is 17.6. The summed E-state index contributed by atoms with van der Waals surface area (Å²) >= 11 is 0. The molecule has 1 aliphatic heterocycles. The molecule has 2 aromatic rings. The molecule has 9 heteroatoms. The number of hydrogen-bond acceptors (Lipinski definition) is 9. The van der Waals surface area contributed by atoms with Crippen molar-refractivity contribution in [3.05, 3.63) is 35.8 Å². The number of rotatable bonds is 6. The van der Waals surface area contributed by atoms with Gasteiger partial charge in [-0.05, 0) is 20.0 Å². The topological polar surface area (TPSA) is 111 Å². The fourth-order valence-corrected chi connectivity index (χ4v) is 2.89. The van der Waals surface area contributed by atoms with Gasteiger partial charge in [0.05, 0.1) is 19.0 Å². The summed E-state index contributed by atoms with van der Waals surface area (Å²) in [7, 11) is 5.44. The van der Waals surface area contributed by atoms with Crippen molar-refractivity contribution in [1.82, 2.24) is 19.9 Å². The molecule has 148 valence electrons. The van der Waals surface area contributed by atoms with Gasteiger partial charge in [0, 0.05) is 55.8 Å². The average Bonchev–Trinajstić information content (AvgIpc) is 2.68. The van der Waals surface area contributed by atoms with E-state index in [2.05, 4.69) is 35.8 Å². The second-order valence-corrected chi connectivity index (χ2v) is 6.65. The highest BCUT2D eigenvalue weighted by Gasteiger charge is 2.16. The Balaban J connectivity index is 1.82. The smallest absolute Gasteiger partial charge is 0.237 e. The molecule has 0 aromatic carbocycles. The second kappa shape index (κ2) is 8.66. The van der Waals surface area contributed by atoms with Gasteiger partial charge < -0.3 is 31.0 Å². The van der Waals surface area contributed by atoms with Crippen molar-refractivity contribution in [2.45, 2.75) is 13.3 Å². The third kappa shape index (κ3) is 4.74. The SMILES string of the molecule is CNc1cc(C)nc(Nc2cnc(OC)c(N/C=C3/CN(C)CCC3=N)c2)n1. The molecule has 3 heterocycles. The first-order valence-electron chi connectivity index (χ1n) is 9.05. The number of ether oxygens (including phenoxy) is 1. The van der Waals surface area contributed by atoms with Crippen LogP contribution in [0.5, 0.6) is 5.88 Å². The van der Waals surface area contributed by atoms with Gasteiger partial charge in [-0.2, -0.15) is 4.98 Å². The normalized spacial score (nSPS) is 16.1. The molecule has 2 aromatic heterocycles. The highest BCUT2D eigenvalue weighted by Crippen LogP contribution is 2.27. The molecule has 0 atom stereocenters. The van der Waals surface area contributed by atoms with Gasteiger partial charge in [-0.3, -0.25) is 0 Å². The zero-order valence-electron chi connectivity index (χ0n) is 16.6. The van der Waals surface area contributed by atoms with Crippen LogP contribution < -0.4 is 20.7 Å². The highest BCUT2D eigenvalue weighted by molar-refractivity contribution is 5.99. The van der Waals surface area contributed by atoms with Crippen LogP contribution >= 0.6 is 0 Å². The number of likely N-dealkylation sites (N-methyl/N-ethyl adjacent to an activating group) is 1. The zero-order valence-corrected chi connectivity index (χ0v) is 16.6. The summed E-state index contributed by atoms with van der Waals surface area (Å²) in [5.41, 5.74) is 3.88. The molecule has 0 amide bonds. The summed E-state index contributed by atoms with van der Waals surface area (Å²) in [6.45, 7) is 3.56. The molecule has 4 N–H and O–H groups in total. The molecular formula is C19H26N8O. The van der Waals surface area contributed by atoms with E-state index in [-0.39, 0.29) is 0 Å². The molecule has 0 unspecified atom stereocenters. The maximum Gasteiger partial charge on any atom is 0.237 e. The van der Waals surface area contributed by atoms with Crippen molar-refractivity contribution < 1.29 is 4.74 Å². The van der Waals surface area contributed by atoms with Gasteiger partial charge in [0.1, 0.15) is 11.5 Å². The van der Waals surface area contributed by atoms with Crippen molar-refractivity contribution in [3.63, 3.8) is 0 Å². The lowest BCUT2D eigenvalue weighted by Crippen LogP contribution is -2.32. The minimum atomic E-state index is 0.471. The number of methoxy groups -OCH3 is 1. The maximum absolute atomic E-state index is 8.13. The van der Waals surface area contributed by atoms with E-state index >= 15 is 0 Å². The maximum atomic E-state index is 8.13. The third-order valence-corrected chi connectivity index (χ3v) is 4.38. The van der Waals surface area contributed by atoms with Crippen molar-refractivity contribution >= 4 is 28.9 Å². The molecule has 1 fully saturated rings. The Kier molecular flexibility index (Phi) is 6.05. The lowest BCUT2D eigenvalue weighted by molar-refractivity contribution is 0.364. The summed E-state index contributed by atoms with van der Waals surface area (Å²) in [6, 6.07) is 3.75. The number of aromatic nitrogens is 3. The summed E-state index contributed by atoms with van der Waals surface area (Å²) in [5.74, 6) is 1.69. The van der Waals surface area contributed by atoms with Crippen LogP contribution in [0.1, 0.15) is 12.1 Å². The molecule has 0 saturated carbocycles. The summed E-state index contributed by atoms with van der Waals surface area (Å²) in [4.78, 5) is 15.3. The van der Waals surface area contributed by atoms with Crippen LogP contribution in [0.15, 0.2) is 30.1 Å². The van der Waals surface area contributed by atoms with E-state index in [1.807, 2.05) is 39.4 Å². The fraction of sp³-hybridized carbons (Fsp3) is 0.368. The van der Waals surface area contributed by atoms with Crippen LogP contribution in [0.4, 0.5) is 23.1 Å². The van der Waals surface area contributed by atoms with Crippen LogP contribution in [0.25, 0.3) is 0 Å². The number of piperidine rings is 1. The van der Waals surface area contributed by atoms with Gasteiger partial charge in [-0.25, -0.2) is 9.97 Å². The minimum Gasteiger partial charge on any atom is -0.480 e. The lowest BCUT2D eigenvalue weighted by atomic mass is 10.0. The standard InChI is InChI=1S/C19H26N8O/c1-12-7-17(21-2)26-19(24-12)25-14-8-16(18(28-4)23-10-14)22-9-13-11-27(3)6-5-15(13)20/h7-10,20,22H,5-6,11H2,1-4H3,(H2,21,24,25,26)/b13-9-,20-15?. The van der Waals surface area contributed by atoms with E-state index in [0.717, 1.165) is 42.3 Å². The monoisotopic (exact) mass is 382 g/mol. The van der Waals surface area contributed by atoms with E-state index in [1.165, 1.54) is 0 Å². The van der Waals surface area contributed by atoms with Crippen molar-refractivity contribution in [2.75, 3.05) is 50.2 Å². The quantitative estimate of drug-likeness (QED) is 0.603. The second-order valence-electron chi connectivity index (χ2n) is 6.65. The number of nitrogens with zero attached hydrogens (tertiary/aromatic N) is 4. The van der Waals surface area contributed by atoms with E-state index < -0.39 is 0 Å². The van der Waals surface area contributed by atoms with Crippen molar-refractivity contribution in [2.24, 2.45) is 0 Å². The predicted molar refractivity (Wildman–Crippen MR) is 112 cm³/mol. The third-order valence-electron chi connectivity index (χ3n) is 4.38. The molecule has 0 spiro atoms. The number of anilines is 4. The number of pyridine rings is 1. The first-order valence-corrected chi connectivity index (χ1v) is 9.05. The van der Waals surface area contributed by atoms with Gasteiger partial charge in [0.25, 0.3) is 0 Å². The van der Waals surface area contributed by atoms with Gasteiger partial charge in [-0.15, -0.1) is 0 Å². The van der Waals surface area contributed by atoms with Gasteiger partial charge in [0.2, 0.25) is 11.8 Å². The van der Waals surface area contributed by atoms with E-state index in [4.69, 9.17) is 10.1 Å². The number of nitrogens with one attached hydrogen (secondary N) is 4. The molecule has 1 aliphatic rings. The van der Waals surface area contributed by atoms with Crippen molar-refractivity contribution in [1.29, 1.82) is 5.41 Å². The Labute approximate surface area is 164 Å². The van der Waals surface area contributed by atoms with Gasteiger partial charge >= 0.3 is 0 Å². The average molecular weight is 382 g/mol. The van der Waals surface area contributed by atoms with E-state index in [0.29, 0.717) is 23.2 Å². The van der Waals surface area contributed by atoms with Gasteiger partial charge in [-0.1, -0.05) is 0 Å². The molecule has 28 heavy (non-hydrogen) atoms. The number of likely N-dealkylation sites (tertiary alicyclic amines) is 1. The number of aryl methyl sites for hydroxylation is 1. The van der Waals surface area contributed by atoms with E-state index in [1.54, 1.807) is 13.3 Å². The molecule has 1 saturated heterocycles. The van der Waals surface area contributed by atoms with E-state index in [9.17, 15) is 0 Å². The minimum absolute atomic E-state index is 0.471. The molecule has 0 aliphatic carbocycles. The van der Waals surface area contributed by atoms with Crippen LogP contribution in [-0.2, 0) is 0 Å². The highest BCUT2D eigenvalue weighted by atomic mass is 16.5. The Hall–Kier alpha value is -3.20. The largest absolute Gasteiger partial charge is 0.480 e. The Bertz CT molecular complexity index is 895. The lowest BCUT2D eigenvalue weighted by Gasteiger charge is -2.25. The number of hydrogen-bond donors (Lipinski definition) is 4. The molecule has 0 bridgehead atoms. The Morgan fingerprint density at radius 2 is 2.11 bits per heavy atom. The predicted octanol–water partition coefficient (Wildman–Crippen LogP) is 2.62. The molecular weight excluding hydrogens is 356 g/mol. The molecule has 0 radical (unpaired) electrons.